The minimum absolute atomic E-state index is 0.0722. The fourth-order valence-electron chi connectivity index (χ4n) is 3.23. The SMILES string of the molecule is CCn1c(=O)c(=O)n(CC(=O)NC(=O)Nc2ccccc2)c2cc(S(=O)(=O)N(C)C)ccc21. The van der Waals surface area contributed by atoms with Crippen LogP contribution in [0, 0.1) is 0 Å². The van der Waals surface area contributed by atoms with Crippen molar-refractivity contribution in [3.05, 3.63) is 69.2 Å². The number of carbonyl (C=O) groups excluding carboxylic acids is 2. The van der Waals surface area contributed by atoms with Gasteiger partial charge in [-0.15, -0.1) is 0 Å². The van der Waals surface area contributed by atoms with E-state index in [0.717, 1.165) is 8.87 Å². The Kier molecular flexibility index (Phi) is 6.79. The summed E-state index contributed by atoms with van der Waals surface area (Å²) in [6, 6.07) is 11.6. The first-order valence-electron chi connectivity index (χ1n) is 9.92. The maximum Gasteiger partial charge on any atom is 0.325 e. The number of nitrogens with one attached hydrogen (secondary N) is 2. The number of para-hydroxylation sites is 1. The molecule has 0 bridgehead atoms. The number of aromatic nitrogens is 2. The number of hydrogen-bond donors (Lipinski definition) is 2. The molecule has 3 aromatic rings. The van der Waals surface area contributed by atoms with Crippen molar-refractivity contribution in [1.82, 2.24) is 18.8 Å². The Labute approximate surface area is 189 Å². The van der Waals surface area contributed by atoms with Crippen LogP contribution in [-0.2, 0) is 27.9 Å². The van der Waals surface area contributed by atoms with Crippen molar-refractivity contribution in [2.45, 2.75) is 24.9 Å². The van der Waals surface area contributed by atoms with Crippen molar-refractivity contribution in [3.8, 4) is 0 Å². The van der Waals surface area contributed by atoms with E-state index in [1.807, 2.05) is 0 Å². The summed E-state index contributed by atoms with van der Waals surface area (Å²) in [5, 5.41) is 4.57. The minimum Gasteiger partial charge on any atom is -0.308 e. The van der Waals surface area contributed by atoms with Gasteiger partial charge in [0.15, 0.2) is 0 Å². The van der Waals surface area contributed by atoms with Gasteiger partial charge < -0.3 is 9.88 Å². The van der Waals surface area contributed by atoms with Crippen LogP contribution in [0.2, 0.25) is 0 Å². The van der Waals surface area contributed by atoms with Gasteiger partial charge in [0, 0.05) is 26.3 Å². The second-order valence-electron chi connectivity index (χ2n) is 7.25. The molecule has 3 rings (SSSR count). The van der Waals surface area contributed by atoms with Crippen LogP contribution in [0.25, 0.3) is 11.0 Å². The van der Waals surface area contributed by atoms with E-state index in [2.05, 4.69) is 10.6 Å². The molecule has 0 saturated heterocycles. The molecule has 0 unspecified atom stereocenters. The highest BCUT2D eigenvalue weighted by molar-refractivity contribution is 7.89. The first-order chi connectivity index (χ1) is 15.6. The molecule has 0 aliphatic carbocycles. The molecule has 0 spiro atoms. The van der Waals surface area contributed by atoms with Crippen molar-refractivity contribution in [1.29, 1.82) is 0 Å². The molecule has 2 aromatic carbocycles. The van der Waals surface area contributed by atoms with E-state index in [1.54, 1.807) is 37.3 Å². The van der Waals surface area contributed by atoms with Crippen molar-refractivity contribution in [2.24, 2.45) is 0 Å². The zero-order chi connectivity index (χ0) is 24.3. The maximum atomic E-state index is 12.8. The highest BCUT2D eigenvalue weighted by atomic mass is 32.2. The lowest BCUT2D eigenvalue weighted by atomic mass is 10.2. The smallest absolute Gasteiger partial charge is 0.308 e. The highest BCUT2D eigenvalue weighted by Crippen LogP contribution is 2.19. The third-order valence-corrected chi connectivity index (χ3v) is 6.69. The van der Waals surface area contributed by atoms with E-state index >= 15 is 0 Å². The van der Waals surface area contributed by atoms with E-state index in [9.17, 15) is 27.6 Å². The summed E-state index contributed by atoms with van der Waals surface area (Å²) in [7, 11) is -1.12. The average Bonchev–Trinajstić information content (AvgIpc) is 2.77. The van der Waals surface area contributed by atoms with Gasteiger partial charge >= 0.3 is 17.1 Å². The molecular weight excluding hydrogens is 450 g/mol. The summed E-state index contributed by atoms with van der Waals surface area (Å²) in [6.07, 6.45) is 0. The molecule has 0 radical (unpaired) electrons. The van der Waals surface area contributed by atoms with E-state index in [4.69, 9.17) is 0 Å². The average molecular weight is 474 g/mol. The van der Waals surface area contributed by atoms with Crippen LogP contribution in [0.5, 0.6) is 0 Å². The van der Waals surface area contributed by atoms with E-state index in [1.165, 1.54) is 36.9 Å². The lowest BCUT2D eigenvalue weighted by molar-refractivity contribution is -0.120. The Hall–Kier alpha value is -3.77. The third-order valence-electron chi connectivity index (χ3n) is 4.88. The Morgan fingerprint density at radius 1 is 0.939 bits per heavy atom. The number of amides is 3. The van der Waals surface area contributed by atoms with Gasteiger partial charge in [-0.1, -0.05) is 18.2 Å². The molecule has 0 atom stereocenters. The molecule has 0 saturated carbocycles. The Morgan fingerprint density at radius 2 is 1.58 bits per heavy atom. The molecule has 1 aromatic heterocycles. The highest BCUT2D eigenvalue weighted by Gasteiger charge is 2.21. The summed E-state index contributed by atoms with van der Waals surface area (Å²) in [4.78, 5) is 49.8. The van der Waals surface area contributed by atoms with Crippen LogP contribution in [-0.4, -0.2) is 47.9 Å². The van der Waals surface area contributed by atoms with Gasteiger partial charge in [-0.2, -0.15) is 0 Å². The van der Waals surface area contributed by atoms with Crippen molar-refractivity contribution >= 4 is 38.7 Å². The van der Waals surface area contributed by atoms with Crippen LogP contribution in [0.3, 0.4) is 0 Å². The van der Waals surface area contributed by atoms with Gasteiger partial charge in [-0.25, -0.2) is 17.5 Å². The van der Waals surface area contributed by atoms with Crippen molar-refractivity contribution < 1.29 is 18.0 Å². The van der Waals surface area contributed by atoms with Gasteiger partial charge in [-0.05, 0) is 37.3 Å². The van der Waals surface area contributed by atoms with Gasteiger partial charge in [-0.3, -0.25) is 24.3 Å². The normalized spacial score (nSPS) is 11.5. The number of benzene rings is 2. The fourth-order valence-corrected chi connectivity index (χ4v) is 4.16. The number of carbonyl (C=O) groups is 2. The molecule has 0 fully saturated rings. The minimum atomic E-state index is -3.84. The van der Waals surface area contributed by atoms with Crippen LogP contribution in [0.1, 0.15) is 6.92 Å². The molecule has 174 valence electrons. The summed E-state index contributed by atoms with van der Waals surface area (Å²) < 4.78 is 28.2. The Morgan fingerprint density at radius 3 is 2.18 bits per heavy atom. The molecule has 2 N–H and O–H groups in total. The molecule has 12 heteroatoms. The lowest BCUT2D eigenvalue weighted by Crippen LogP contribution is -2.45. The van der Waals surface area contributed by atoms with E-state index < -0.39 is 39.6 Å². The summed E-state index contributed by atoms with van der Waals surface area (Å²) >= 11 is 0. The number of fused-ring (bicyclic) bond motifs is 1. The Balaban J connectivity index is 2.02. The summed E-state index contributed by atoms with van der Waals surface area (Å²) in [5.74, 6) is -0.860. The number of rotatable bonds is 6. The molecule has 0 aliphatic heterocycles. The molecular formula is C21H23N5O6S. The first-order valence-corrected chi connectivity index (χ1v) is 11.4. The van der Waals surface area contributed by atoms with Crippen LogP contribution in [0.4, 0.5) is 10.5 Å². The predicted molar refractivity (Wildman–Crippen MR) is 123 cm³/mol. The van der Waals surface area contributed by atoms with Crippen LogP contribution >= 0.6 is 0 Å². The molecule has 0 aliphatic rings. The van der Waals surface area contributed by atoms with Crippen LogP contribution in [0.15, 0.2) is 63.0 Å². The number of aryl methyl sites for hydroxylation is 1. The number of imide groups is 1. The number of anilines is 1. The number of hydrogen-bond acceptors (Lipinski definition) is 6. The largest absolute Gasteiger partial charge is 0.325 e. The monoisotopic (exact) mass is 473 g/mol. The van der Waals surface area contributed by atoms with Crippen LogP contribution < -0.4 is 21.8 Å². The molecule has 33 heavy (non-hydrogen) atoms. The second-order valence-corrected chi connectivity index (χ2v) is 9.40. The van der Waals surface area contributed by atoms with Crippen molar-refractivity contribution in [3.63, 3.8) is 0 Å². The topological polar surface area (TPSA) is 140 Å². The van der Waals surface area contributed by atoms with Gasteiger partial charge in [0.25, 0.3) is 0 Å². The number of urea groups is 1. The standard InChI is InChI=1S/C21H23N5O6S/c1-4-25-16-11-10-15(33(31,32)24(2)3)12-17(16)26(20(29)19(25)28)13-18(27)23-21(30)22-14-8-6-5-7-9-14/h5-12H,4,13H2,1-3H3,(H2,22,23,27,30). The van der Waals surface area contributed by atoms with E-state index in [0.29, 0.717) is 5.69 Å². The number of sulfonamides is 1. The molecule has 1 heterocycles. The summed E-state index contributed by atoms with van der Waals surface area (Å²) in [5.41, 5.74) is -1.07. The molecule has 11 nitrogen and oxygen atoms in total. The van der Waals surface area contributed by atoms with Gasteiger partial charge in [0.05, 0.1) is 15.9 Å². The lowest BCUT2D eigenvalue weighted by Gasteiger charge is -2.16. The van der Waals surface area contributed by atoms with E-state index in [-0.39, 0.29) is 22.5 Å². The maximum absolute atomic E-state index is 12.8. The third kappa shape index (κ3) is 4.86. The zero-order valence-electron chi connectivity index (χ0n) is 18.2. The van der Waals surface area contributed by atoms with Gasteiger partial charge in [0.1, 0.15) is 6.54 Å². The molecule has 3 amide bonds. The van der Waals surface area contributed by atoms with Gasteiger partial charge in [0.2, 0.25) is 15.9 Å². The first kappa shape index (κ1) is 23.9. The fraction of sp³-hybridized carbons (Fsp3) is 0.238. The predicted octanol–water partition coefficient (Wildman–Crippen LogP) is 0.782. The number of nitrogens with zero attached hydrogens (tertiary/aromatic N) is 3. The van der Waals surface area contributed by atoms with Crippen molar-refractivity contribution in [2.75, 3.05) is 19.4 Å². The Bertz CT molecular complexity index is 1440. The zero-order valence-corrected chi connectivity index (χ0v) is 19.0. The quantitative estimate of drug-likeness (QED) is 0.507. The summed E-state index contributed by atoms with van der Waals surface area (Å²) in [6.45, 7) is 1.16. The second kappa shape index (κ2) is 9.38.